The van der Waals surface area contributed by atoms with E-state index in [4.69, 9.17) is 0 Å². The number of benzene rings is 1. The molecule has 1 unspecified atom stereocenters. The van der Waals surface area contributed by atoms with Crippen molar-refractivity contribution < 1.29 is 0 Å². The molecule has 1 N–H and O–H groups in total. The van der Waals surface area contributed by atoms with Crippen LogP contribution in [0.3, 0.4) is 0 Å². The van der Waals surface area contributed by atoms with Crippen LogP contribution in [-0.2, 0) is 6.54 Å². The summed E-state index contributed by atoms with van der Waals surface area (Å²) in [6, 6.07) is 12.2. The highest BCUT2D eigenvalue weighted by molar-refractivity contribution is 5.14. The van der Waals surface area contributed by atoms with Crippen LogP contribution in [0.15, 0.2) is 30.3 Å². The highest BCUT2D eigenvalue weighted by Gasteiger charge is 2.20. The highest BCUT2D eigenvalue weighted by Crippen LogP contribution is 2.15. The Morgan fingerprint density at radius 3 is 2.33 bits per heavy atom. The van der Waals surface area contributed by atoms with Gasteiger partial charge in [-0.1, -0.05) is 44.2 Å². The minimum atomic E-state index is 0.665. The average molecular weight is 288 g/mol. The van der Waals surface area contributed by atoms with Gasteiger partial charge in [0.25, 0.3) is 0 Å². The molecule has 1 atom stereocenters. The molecule has 0 radical (unpaired) electrons. The molecule has 0 bridgehead atoms. The summed E-state index contributed by atoms with van der Waals surface area (Å²) in [4.78, 5) is 2.59. The molecule has 1 aliphatic rings. The van der Waals surface area contributed by atoms with Crippen LogP contribution in [0.2, 0.25) is 0 Å². The van der Waals surface area contributed by atoms with E-state index in [1.54, 1.807) is 0 Å². The van der Waals surface area contributed by atoms with Crippen molar-refractivity contribution in [3.05, 3.63) is 35.9 Å². The van der Waals surface area contributed by atoms with Gasteiger partial charge in [-0.25, -0.2) is 0 Å². The lowest BCUT2D eigenvalue weighted by molar-refractivity contribution is 0.183. The summed E-state index contributed by atoms with van der Waals surface area (Å²) in [6.45, 7) is 10.5. The van der Waals surface area contributed by atoms with Crippen molar-refractivity contribution in [3.8, 4) is 0 Å². The van der Waals surface area contributed by atoms with Gasteiger partial charge in [0.05, 0.1) is 0 Å². The summed E-state index contributed by atoms with van der Waals surface area (Å²) in [5.74, 6) is 0.821. The van der Waals surface area contributed by atoms with Gasteiger partial charge in [-0.2, -0.15) is 0 Å². The number of nitrogens with one attached hydrogen (secondary N) is 1. The Hall–Kier alpha value is -0.860. The van der Waals surface area contributed by atoms with Crippen molar-refractivity contribution >= 4 is 0 Å². The molecule has 0 aliphatic carbocycles. The second kappa shape index (κ2) is 8.55. The molecule has 0 amide bonds. The van der Waals surface area contributed by atoms with Crippen LogP contribution in [0.5, 0.6) is 0 Å². The Morgan fingerprint density at radius 2 is 1.71 bits per heavy atom. The third-order valence-corrected chi connectivity index (χ3v) is 4.53. The largest absolute Gasteiger partial charge is 0.311 e. The zero-order valence-corrected chi connectivity index (χ0v) is 14.0. The van der Waals surface area contributed by atoms with E-state index < -0.39 is 0 Å². The fraction of sp³-hybridized carbons (Fsp3) is 0.684. The number of hydrogen-bond donors (Lipinski definition) is 1. The molecule has 118 valence electrons. The maximum absolute atomic E-state index is 3.83. The van der Waals surface area contributed by atoms with E-state index in [0.29, 0.717) is 6.04 Å². The lowest BCUT2D eigenvalue weighted by Crippen LogP contribution is -2.45. The Bertz CT molecular complexity index is 380. The van der Waals surface area contributed by atoms with E-state index in [0.717, 1.165) is 18.5 Å². The molecule has 2 heteroatoms. The minimum absolute atomic E-state index is 0.665. The lowest BCUT2D eigenvalue weighted by atomic mass is 10.0. The first-order chi connectivity index (χ1) is 10.1. The lowest BCUT2D eigenvalue weighted by Gasteiger charge is -2.34. The van der Waals surface area contributed by atoms with Crippen LogP contribution >= 0.6 is 0 Å². The third kappa shape index (κ3) is 6.19. The molecule has 1 fully saturated rings. The molecule has 1 aromatic rings. The topological polar surface area (TPSA) is 15.3 Å². The van der Waals surface area contributed by atoms with Crippen LogP contribution in [0.4, 0.5) is 0 Å². The smallest absolute Gasteiger partial charge is 0.0233 e. The van der Waals surface area contributed by atoms with Crippen LogP contribution in [0.1, 0.15) is 52.0 Å². The fourth-order valence-corrected chi connectivity index (χ4v) is 3.17. The van der Waals surface area contributed by atoms with E-state index in [-0.39, 0.29) is 0 Å². The van der Waals surface area contributed by atoms with E-state index in [1.165, 1.54) is 44.3 Å². The second-order valence-corrected chi connectivity index (χ2v) is 7.07. The number of rotatable bonds is 7. The number of likely N-dealkylation sites (tertiary alicyclic amines) is 1. The minimum Gasteiger partial charge on any atom is -0.311 e. The van der Waals surface area contributed by atoms with Crippen molar-refractivity contribution in [1.82, 2.24) is 10.2 Å². The van der Waals surface area contributed by atoms with Crippen molar-refractivity contribution in [2.45, 2.75) is 65.1 Å². The molecular weight excluding hydrogens is 256 g/mol. The molecule has 0 saturated carbocycles. The Labute approximate surface area is 130 Å². The van der Waals surface area contributed by atoms with Crippen LogP contribution < -0.4 is 5.32 Å². The van der Waals surface area contributed by atoms with Gasteiger partial charge in [0.2, 0.25) is 0 Å². The molecule has 1 aromatic carbocycles. The molecule has 1 aliphatic heterocycles. The summed E-state index contributed by atoms with van der Waals surface area (Å²) < 4.78 is 0. The third-order valence-electron chi connectivity index (χ3n) is 4.53. The number of hydrogen-bond acceptors (Lipinski definition) is 2. The quantitative estimate of drug-likeness (QED) is 0.814. The molecule has 1 heterocycles. The van der Waals surface area contributed by atoms with Gasteiger partial charge in [-0.05, 0) is 57.2 Å². The predicted molar refractivity (Wildman–Crippen MR) is 91.4 cm³/mol. The van der Waals surface area contributed by atoms with E-state index in [2.05, 4.69) is 61.3 Å². The van der Waals surface area contributed by atoms with Gasteiger partial charge >= 0.3 is 0 Å². The van der Waals surface area contributed by atoms with E-state index >= 15 is 0 Å². The monoisotopic (exact) mass is 288 g/mol. The van der Waals surface area contributed by atoms with Gasteiger partial charge in [0.1, 0.15) is 0 Å². The van der Waals surface area contributed by atoms with Crippen LogP contribution in [0, 0.1) is 5.92 Å². The summed E-state index contributed by atoms with van der Waals surface area (Å²) in [5, 5.41) is 3.83. The van der Waals surface area contributed by atoms with E-state index in [9.17, 15) is 0 Å². The maximum Gasteiger partial charge on any atom is 0.0233 e. The van der Waals surface area contributed by atoms with Gasteiger partial charge in [-0.3, -0.25) is 4.90 Å². The zero-order valence-electron chi connectivity index (χ0n) is 14.0. The summed E-state index contributed by atoms with van der Waals surface area (Å²) in [6.07, 6.45) is 5.22. The summed E-state index contributed by atoms with van der Waals surface area (Å²) in [7, 11) is 0. The van der Waals surface area contributed by atoms with Crippen molar-refractivity contribution in [2.24, 2.45) is 5.92 Å². The zero-order chi connectivity index (χ0) is 15.1. The SMILES string of the molecule is CC(C)CCC(C)NC1CCN(Cc2ccccc2)CC1. The Morgan fingerprint density at radius 1 is 1.05 bits per heavy atom. The van der Waals surface area contributed by atoms with E-state index in [1.807, 2.05) is 0 Å². The Kier molecular flexibility index (Phi) is 6.72. The number of nitrogens with zero attached hydrogens (tertiary/aromatic N) is 1. The molecular formula is C19H32N2. The molecule has 0 aromatic heterocycles. The predicted octanol–water partition coefficient (Wildman–Crippen LogP) is 4.07. The summed E-state index contributed by atoms with van der Waals surface area (Å²) >= 11 is 0. The molecule has 1 saturated heterocycles. The van der Waals surface area contributed by atoms with Gasteiger partial charge < -0.3 is 5.32 Å². The molecule has 2 rings (SSSR count). The summed E-state index contributed by atoms with van der Waals surface area (Å²) in [5.41, 5.74) is 1.44. The number of piperidine rings is 1. The van der Waals surface area contributed by atoms with Gasteiger partial charge in [0.15, 0.2) is 0 Å². The average Bonchev–Trinajstić information content (AvgIpc) is 2.48. The van der Waals surface area contributed by atoms with Crippen LogP contribution in [0.25, 0.3) is 0 Å². The molecule has 0 spiro atoms. The first-order valence-corrected chi connectivity index (χ1v) is 8.66. The normalized spacial score (nSPS) is 19.0. The first-order valence-electron chi connectivity index (χ1n) is 8.66. The standard InChI is InChI=1S/C19H32N2/c1-16(2)9-10-17(3)20-19-11-13-21(14-12-19)15-18-7-5-4-6-8-18/h4-8,16-17,19-20H,9-15H2,1-3H3. The van der Waals surface area contributed by atoms with Gasteiger partial charge in [-0.15, -0.1) is 0 Å². The highest BCUT2D eigenvalue weighted by atomic mass is 15.1. The van der Waals surface area contributed by atoms with Gasteiger partial charge in [0, 0.05) is 18.6 Å². The van der Waals surface area contributed by atoms with Crippen LogP contribution in [-0.4, -0.2) is 30.1 Å². The van der Waals surface area contributed by atoms with Crippen molar-refractivity contribution in [1.29, 1.82) is 0 Å². The fourth-order valence-electron chi connectivity index (χ4n) is 3.17. The first kappa shape index (κ1) is 16.5. The Balaban J connectivity index is 1.66. The second-order valence-electron chi connectivity index (χ2n) is 7.07. The van der Waals surface area contributed by atoms with Crippen molar-refractivity contribution in [2.75, 3.05) is 13.1 Å². The molecule has 2 nitrogen and oxygen atoms in total. The van der Waals surface area contributed by atoms with Crippen molar-refractivity contribution in [3.63, 3.8) is 0 Å². The molecule has 21 heavy (non-hydrogen) atoms. The maximum atomic E-state index is 3.83.